The van der Waals surface area contributed by atoms with E-state index in [9.17, 15) is 27.1 Å². The number of hydrogen-bond acceptors (Lipinski definition) is 4. The Morgan fingerprint density at radius 1 is 1.44 bits per heavy atom. The van der Waals surface area contributed by atoms with Gasteiger partial charge in [0.25, 0.3) is 0 Å². The van der Waals surface area contributed by atoms with Gasteiger partial charge < -0.3 is 9.84 Å². The van der Waals surface area contributed by atoms with Gasteiger partial charge in [-0.3, -0.25) is 4.79 Å². The minimum atomic E-state index is -4.22. The Morgan fingerprint density at radius 2 is 2.16 bits per heavy atom. The van der Waals surface area contributed by atoms with Gasteiger partial charge in [0, 0.05) is 18.1 Å². The van der Waals surface area contributed by atoms with Crippen molar-refractivity contribution in [3.63, 3.8) is 0 Å². The van der Waals surface area contributed by atoms with Crippen molar-refractivity contribution in [3.8, 4) is 5.75 Å². The van der Waals surface area contributed by atoms with Gasteiger partial charge in [0.05, 0.1) is 5.41 Å². The number of carbonyl (C=O) groups is 1. The van der Waals surface area contributed by atoms with E-state index in [1.807, 2.05) is 0 Å². The third kappa shape index (κ3) is 3.09. The number of benzene rings is 1. The van der Waals surface area contributed by atoms with Gasteiger partial charge in [-0.15, -0.1) is 0 Å². The number of fused-ring (bicyclic) bond motifs is 1. The van der Waals surface area contributed by atoms with E-state index in [0.29, 0.717) is 12.8 Å². The normalized spacial score (nSPS) is 26.8. The van der Waals surface area contributed by atoms with Gasteiger partial charge in [-0.25, -0.2) is 8.42 Å². The van der Waals surface area contributed by atoms with Crippen molar-refractivity contribution in [2.75, 3.05) is 13.1 Å². The third-order valence-corrected chi connectivity index (χ3v) is 7.07. The summed E-state index contributed by atoms with van der Waals surface area (Å²) in [5.74, 6) is -1.83. The predicted octanol–water partition coefficient (Wildman–Crippen LogP) is 2.82. The maximum Gasteiger partial charge on any atom is 0.387 e. The lowest BCUT2D eigenvalue weighted by Crippen LogP contribution is -2.37. The molecule has 1 aliphatic carbocycles. The summed E-state index contributed by atoms with van der Waals surface area (Å²) < 4.78 is 56.4. The van der Waals surface area contributed by atoms with Crippen molar-refractivity contribution in [2.24, 2.45) is 11.3 Å². The van der Waals surface area contributed by atoms with Crippen LogP contribution in [0.4, 0.5) is 8.78 Å². The highest BCUT2D eigenvalue weighted by Crippen LogP contribution is 2.50. The molecule has 0 amide bonds. The number of halogens is 3. The first kappa shape index (κ1) is 18.3. The van der Waals surface area contributed by atoms with Gasteiger partial charge in [0.15, 0.2) is 0 Å². The van der Waals surface area contributed by atoms with Crippen molar-refractivity contribution in [1.29, 1.82) is 0 Å². The molecule has 1 saturated carbocycles. The molecule has 0 radical (unpaired) electrons. The molecule has 25 heavy (non-hydrogen) atoms. The van der Waals surface area contributed by atoms with E-state index in [1.54, 1.807) is 0 Å². The highest BCUT2D eigenvalue weighted by molar-refractivity contribution is 7.89. The van der Waals surface area contributed by atoms with Crippen molar-refractivity contribution in [3.05, 3.63) is 23.2 Å². The van der Waals surface area contributed by atoms with Crippen LogP contribution < -0.4 is 4.74 Å². The SMILES string of the molecule is O=C(O)[C@@]12CCC[C@H]1CN(S(=O)(=O)c1cc(Cl)ccc1OC(F)F)C2. The van der Waals surface area contributed by atoms with Gasteiger partial charge in [0.2, 0.25) is 10.0 Å². The number of carboxylic acid groups (broad SMARTS) is 1. The quantitative estimate of drug-likeness (QED) is 0.828. The van der Waals surface area contributed by atoms with Crippen LogP contribution in [0.2, 0.25) is 5.02 Å². The summed E-state index contributed by atoms with van der Waals surface area (Å²) in [5, 5.41) is 9.63. The number of carboxylic acids is 1. The van der Waals surface area contributed by atoms with E-state index in [1.165, 1.54) is 6.07 Å². The zero-order valence-corrected chi connectivity index (χ0v) is 14.6. The minimum Gasteiger partial charge on any atom is -0.481 e. The van der Waals surface area contributed by atoms with Crippen LogP contribution in [0.15, 0.2) is 23.1 Å². The molecule has 1 N–H and O–H groups in total. The fraction of sp³-hybridized carbons (Fsp3) is 0.533. The summed E-state index contributed by atoms with van der Waals surface area (Å²) in [6, 6.07) is 3.34. The minimum absolute atomic E-state index is 0.0370. The Bertz CT molecular complexity index is 803. The van der Waals surface area contributed by atoms with E-state index in [4.69, 9.17) is 11.6 Å². The monoisotopic (exact) mass is 395 g/mol. The summed E-state index contributed by atoms with van der Waals surface area (Å²) in [6.45, 7) is -3.34. The Morgan fingerprint density at radius 3 is 2.76 bits per heavy atom. The lowest BCUT2D eigenvalue weighted by Gasteiger charge is -2.23. The lowest BCUT2D eigenvalue weighted by atomic mass is 9.81. The first-order valence-electron chi connectivity index (χ1n) is 7.65. The topological polar surface area (TPSA) is 83.9 Å². The highest BCUT2D eigenvalue weighted by atomic mass is 35.5. The molecule has 0 unspecified atom stereocenters. The fourth-order valence-electron chi connectivity index (χ4n) is 3.79. The molecule has 1 saturated heterocycles. The van der Waals surface area contributed by atoms with Crippen molar-refractivity contribution < 1.29 is 31.8 Å². The number of nitrogens with zero attached hydrogens (tertiary/aromatic N) is 1. The third-order valence-electron chi connectivity index (χ3n) is 5.01. The maximum atomic E-state index is 12.9. The zero-order chi connectivity index (χ0) is 18.4. The van der Waals surface area contributed by atoms with Crippen molar-refractivity contribution >= 4 is 27.6 Å². The van der Waals surface area contributed by atoms with Gasteiger partial charge >= 0.3 is 12.6 Å². The number of alkyl halides is 2. The largest absolute Gasteiger partial charge is 0.481 e. The summed E-state index contributed by atoms with van der Waals surface area (Å²) in [4.78, 5) is 11.2. The van der Waals surface area contributed by atoms with E-state index >= 15 is 0 Å². The molecule has 2 aliphatic rings. The van der Waals surface area contributed by atoms with Crippen LogP contribution in [0.3, 0.4) is 0 Å². The van der Waals surface area contributed by atoms with E-state index in [-0.39, 0.29) is 24.0 Å². The number of sulfonamides is 1. The van der Waals surface area contributed by atoms with Gasteiger partial charge in [0.1, 0.15) is 10.6 Å². The van der Waals surface area contributed by atoms with Crippen LogP contribution in [-0.4, -0.2) is 43.5 Å². The predicted molar refractivity (Wildman–Crippen MR) is 84.3 cm³/mol. The van der Waals surface area contributed by atoms with Crippen LogP contribution in [0, 0.1) is 11.3 Å². The Hall–Kier alpha value is -1.45. The molecule has 6 nitrogen and oxygen atoms in total. The molecule has 138 valence electrons. The summed E-state index contributed by atoms with van der Waals surface area (Å²) in [5.41, 5.74) is -1.12. The number of rotatable bonds is 5. The number of hydrogen-bond donors (Lipinski definition) is 1. The Labute approximate surface area is 148 Å². The second kappa shape index (κ2) is 6.37. The van der Waals surface area contributed by atoms with E-state index in [0.717, 1.165) is 22.9 Å². The summed E-state index contributed by atoms with van der Waals surface area (Å²) in [6.07, 6.45) is 1.74. The van der Waals surface area contributed by atoms with Gasteiger partial charge in [-0.05, 0) is 37.0 Å². The van der Waals surface area contributed by atoms with Crippen molar-refractivity contribution in [1.82, 2.24) is 4.31 Å². The van der Waals surface area contributed by atoms with E-state index in [2.05, 4.69) is 4.74 Å². The van der Waals surface area contributed by atoms with Crippen molar-refractivity contribution in [2.45, 2.75) is 30.8 Å². The molecule has 1 aromatic carbocycles. The smallest absolute Gasteiger partial charge is 0.387 e. The molecule has 2 atom stereocenters. The molecule has 2 fully saturated rings. The van der Waals surface area contributed by atoms with Crippen LogP contribution in [0.5, 0.6) is 5.75 Å². The zero-order valence-electron chi connectivity index (χ0n) is 13.0. The second-order valence-electron chi connectivity index (χ2n) is 6.32. The first-order chi connectivity index (χ1) is 11.7. The molecular weight excluding hydrogens is 380 g/mol. The van der Waals surface area contributed by atoms with Crippen LogP contribution >= 0.6 is 11.6 Å². The molecule has 3 rings (SSSR count). The van der Waals surface area contributed by atoms with E-state index < -0.39 is 38.7 Å². The summed E-state index contributed by atoms with van der Waals surface area (Å²) in [7, 11) is -4.22. The van der Waals surface area contributed by atoms with Crippen LogP contribution in [0.25, 0.3) is 0 Å². The van der Waals surface area contributed by atoms with Crippen LogP contribution in [-0.2, 0) is 14.8 Å². The molecule has 1 heterocycles. The molecular formula is C15H16ClF2NO5S. The van der Waals surface area contributed by atoms with Crippen LogP contribution in [0.1, 0.15) is 19.3 Å². The first-order valence-corrected chi connectivity index (χ1v) is 9.46. The highest BCUT2D eigenvalue weighted by Gasteiger charge is 2.57. The summed E-state index contributed by atoms with van der Waals surface area (Å²) >= 11 is 5.82. The average Bonchev–Trinajstić information content (AvgIpc) is 3.06. The average molecular weight is 396 g/mol. The Kier molecular flexibility index (Phi) is 4.67. The molecule has 0 spiro atoms. The Balaban J connectivity index is 1.98. The van der Waals surface area contributed by atoms with Gasteiger partial charge in [-0.2, -0.15) is 13.1 Å². The maximum absolute atomic E-state index is 12.9. The number of aliphatic carboxylic acids is 1. The molecule has 1 aromatic rings. The lowest BCUT2D eigenvalue weighted by molar-refractivity contribution is -0.149. The molecule has 0 aromatic heterocycles. The fourth-order valence-corrected chi connectivity index (χ4v) is 5.73. The second-order valence-corrected chi connectivity index (χ2v) is 8.66. The molecule has 0 bridgehead atoms. The standard InChI is InChI=1S/C15H16ClF2NO5S/c16-10-3-4-11(24-14(17)18)12(6-10)25(22,23)19-7-9-2-1-5-15(9,8-19)13(20)21/h3-4,6,9,14H,1-2,5,7-8H2,(H,20,21)/t9-,15+/m0/s1. The van der Waals surface area contributed by atoms with Gasteiger partial charge in [-0.1, -0.05) is 18.0 Å². The molecule has 1 aliphatic heterocycles. The molecule has 10 heteroatoms. The number of ether oxygens (including phenoxy) is 1.